The molecular formula is C16H24ClNO3. The van der Waals surface area contributed by atoms with Crippen molar-refractivity contribution in [2.75, 3.05) is 19.8 Å². The Bertz CT molecular complexity index is 451. The van der Waals surface area contributed by atoms with E-state index < -0.39 is 0 Å². The zero-order chi connectivity index (χ0) is 15.7. The van der Waals surface area contributed by atoms with Crippen LogP contribution in [-0.4, -0.2) is 31.0 Å². The average molecular weight is 314 g/mol. The first-order valence-electron chi connectivity index (χ1n) is 7.44. The van der Waals surface area contributed by atoms with Crippen molar-refractivity contribution >= 4 is 17.5 Å². The molecule has 5 heteroatoms. The minimum Gasteiger partial charge on any atom is -0.490 e. The summed E-state index contributed by atoms with van der Waals surface area (Å²) in [5, 5.41) is 2.80. The molecule has 0 fully saturated rings. The van der Waals surface area contributed by atoms with Gasteiger partial charge in [-0.3, -0.25) is 4.79 Å². The topological polar surface area (TPSA) is 47.6 Å². The predicted molar refractivity (Wildman–Crippen MR) is 85.7 cm³/mol. The van der Waals surface area contributed by atoms with E-state index in [0.29, 0.717) is 36.8 Å². The molecule has 1 rings (SSSR count). The number of benzene rings is 1. The molecule has 1 N–H and O–H groups in total. The molecule has 0 aliphatic heterocycles. The highest BCUT2D eigenvalue weighted by Gasteiger charge is 2.12. The number of carbonyl (C=O) groups excluding carboxylic acids is 1. The molecule has 1 aromatic rings. The highest BCUT2D eigenvalue weighted by atomic mass is 35.5. The van der Waals surface area contributed by atoms with E-state index in [1.54, 1.807) is 18.2 Å². The van der Waals surface area contributed by atoms with Gasteiger partial charge < -0.3 is 14.8 Å². The lowest BCUT2D eigenvalue weighted by molar-refractivity contribution is 0.0952. The minimum absolute atomic E-state index is 0.0342. The zero-order valence-corrected chi connectivity index (χ0v) is 13.7. The standard InChI is InChI=1S/C16H24ClNO3/c1-4-7-13(17)11-18-16(19)12-8-9-14(20-5-2)15(10-12)21-6-3/h8-10,13H,4-7,11H2,1-3H3,(H,18,19). The van der Waals surface area contributed by atoms with Gasteiger partial charge in [-0.1, -0.05) is 13.3 Å². The number of nitrogens with one attached hydrogen (secondary N) is 1. The minimum atomic E-state index is -0.152. The van der Waals surface area contributed by atoms with Gasteiger partial charge in [-0.05, 0) is 38.5 Å². The Hall–Kier alpha value is -1.42. The molecule has 21 heavy (non-hydrogen) atoms. The molecule has 1 aromatic carbocycles. The largest absolute Gasteiger partial charge is 0.490 e. The lowest BCUT2D eigenvalue weighted by Crippen LogP contribution is -2.29. The van der Waals surface area contributed by atoms with Crippen LogP contribution in [0, 0.1) is 0 Å². The van der Waals surface area contributed by atoms with Crippen LogP contribution in [0.15, 0.2) is 18.2 Å². The Morgan fingerprint density at radius 2 is 1.86 bits per heavy atom. The molecule has 1 atom stereocenters. The van der Waals surface area contributed by atoms with Crippen LogP contribution in [-0.2, 0) is 0 Å². The van der Waals surface area contributed by atoms with Crippen LogP contribution in [0.4, 0.5) is 0 Å². The fourth-order valence-electron chi connectivity index (χ4n) is 1.91. The summed E-state index contributed by atoms with van der Waals surface area (Å²) in [6.45, 7) is 7.40. The SMILES string of the molecule is CCCC(Cl)CNC(=O)c1ccc(OCC)c(OCC)c1. The van der Waals surface area contributed by atoms with Crippen molar-refractivity contribution in [2.45, 2.75) is 39.0 Å². The fraction of sp³-hybridized carbons (Fsp3) is 0.562. The number of hydrogen-bond donors (Lipinski definition) is 1. The van der Waals surface area contributed by atoms with Crippen LogP contribution < -0.4 is 14.8 Å². The predicted octanol–water partition coefficient (Wildman–Crippen LogP) is 3.62. The Kier molecular flexibility index (Phi) is 7.98. The molecule has 4 nitrogen and oxygen atoms in total. The monoisotopic (exact) mass is 313 g/mol. The first kappa shape index (κ1) is 17.6. The smallest absolute Gasteiger partial charge is 0.251 e. The quantitative estimate of drug-likeness (QED) is 0.708. The normalized spacial score (nSPS) is 11.8. The van der Waals surface area contributed by atoms with E-state index in [1.165, 1.54) is 0 Å². The van der Waals surface area contributed by atoms with Crippen molar-refractivity contribution < 1.29 is 14.3 Å². The van der Waals surface area contributed by atoms with E-state index in [-0.39, 0.29) is 11.3 Å². The molecule has 118 valence electrons. The lowest BCUT2D eigenvalue weighted by atomic mass is 10.1. The number of carbonyl (C=O) groups is 1. The van der Waals surface area contributed by atoms with Gasteiger partial charge in [0, 0.05) is 12.1 Å². The van der Waals surface area contributed by atoms with E-state index in [0.717, 1.165) is 12.8 Å². The van der Waals surface area contributed by atoms with Crippen molar-refractivity contribution in [2.24, 2.45) is 0 Å². The third kappa shape index (κ3) is 5.84. The number of rotatable bonds is 9. The summed E-state index contributed by atoms with van der Waals surface area (Å²) in [7, 11) is 0. The van der Waals surface area contributed by atoms with Gasteiger partial charge in [-0.2, -0.15) is 0 Å². The maximum Gasteiger partial charge on any atom is 0.251 e. The molecule has 0 heterocycles. The molecule has 0 spiro atoms. The van der Waals surface area contributed by atoms with E-state index in [1.807, 2.05) is 13.8 Å². The fourth-order valence-corrected chi connectivity index (χ4v) is 2.21. The van der Waals surface area contributed by atoms with Crippen LogP contribution in [0.5, 0.6) is 11.5 Å². The second kappa shape index (κ2) is 9.50. The Morgan fingerprint density at radius 1 is 1.19 bits per heavy atom. The van der Waals surface area contributed by atoms with Crippen molar-refractivity contribution in [3.05, 3.63) is 23.8 Å². The summed E-state index contributed by atoms with van der Waals surface area (Å²) < 4.78 is 11.0. The molecule has 1 amide bonds. The molecule has 0 radical (unpaired) electrons. The molecule has 0 saturated heterocycles. The number of amides is 1. The summed E-state index contributed by atoms with van der Waals surface area (Å²) in [6, 6.07) is 5.19. The number of alkyl halides is 1. The highest BCUT2D eigenvalue weighted by Crippen LogP contribution is 2.28. The van der Waals surface area contributed by atoms with Gasteiger partial charge in [0.05, 0.1) is 18.6 Å². The van der Waals surface area contributed by atoms with Gasteiger partial charge in [0.15, 0.2) is 11.5 Å². The van der Waals surface area contributed by atoms with Gasteiger partial charge in [-0.25, -0.2) is 0 Å². The molecule has 1 unspecified atom stereocenters. The molecule has 0 saturated carbocycles. The number of ether oxygens (including phenoxy) is 2. The maximum absolute atomic E-state index is 12.1. The van der Waals surface area contributed by atoms with Crippen molar-refractivity contribution in [1.29, 1.82) is 0 Å². The maximum atomic E-state index is 12.1. The van der Waals surface area contributed by atoms with Gasteiger partial charge in [0.2, 0.25) is 0 Å². The van der Waals surface area contributed by atoms with E-state index in [4.69, 9.17) is 21.1 Å². The molecule has 0 aliphatic carbocycles. The van der Waals surface area contributed by atoms with Crippen LogP contribution in [0.1, 0.15) is 44.0 Å². The van der Waals surface area contributed by atoms with Crippen molar-refractivity contribution in [3.63, 3.8) is 0 Å². The van der Waals surface area contributed by atoms with Crippen molar-refractivity contribution in [1.82, 2.24) is 5.32 Å². The van der Waals surface area contributed by atoms with E-state index >= 15 is 0 Å². The molecule has 0 aliphatic rings. The Labute approximate surface area is 131 Å². The summed E-state index contributed by atoms with van der Waals surface area (Å²) in [4.78, 5) is 12.1. The van der Waals surface area contributed by atoms with Gasteiger partial charge in [0.25, 0.3) is 5.91 Å². The van der Waals surface area contributed by atoms with Gasteiger partial charge in [-0.15, -0.1) is 11.6 Å². The Morgan fingerprint density at radius 3 is 2.48 bits per heavy atom. The van der Waals surface area contributed by atoms with Crippen molar-refractivity contribution in [3.8, 4) is 11.5 Å². The second-order valence-electron chi connectivity index (χ2n) is 4.62. The summed E-state index contributed by atoms with van der Waals surface area (Å²) in [5.41, 5.74) is 0.544. The molecule has 0 aromatic heterocycles. The summed E-state index contributed by atoms with van der Waals surface area (Å²) in [6.07, 6.45) is 1.89. The first-order valence-corrected chi connectivity index (χ1v) is 7.87. The van der Waals surface area contributed by atoms with Crippen LogP contribution in [0.25, 0.3) is 0 Å². The van der Waals surface area contributed by atoms with Crippen LogP contribution >= 0.6 is 11.6 Å². The summed E-state index contributed by atoms with van der Waals surface area (Å²) in [5.74, 6) is 1.08. The third-order valence-corrected chi connectivity index (χ3v) is 3.26. The van der Waals surface area contributed by atoms with Gasteiger partial charge >= 0.3 is 0 Å². The van der Waals surface area contributed by atoms with Gasteiger partial charge in [0.1, 0.15) is 0 Å². The second-order valence-corrected chi connectivity index (χ2v) is 5.24. The highest BCUT2D eigenvalue weighted by molar-refractivity contribution is 6.20. The third-order valence-electron chi connectivity index (χ3n) is 2.89. The van der Waals surface area contributed by atoms with E-state index in [9.17, 15) is 4.79 Å². The number of halogens is 1. The van der Waals surface area contributed by atoms with Crippen LogP contribution in [0.2, 0.25) is 0 Å². The Balaban J connectivity index is 2.73. The molecular weight excluding hydrogens is 290 g/mol. The molecule has 0 bridgehead atoms. The number of hydrogen-bond acceptors (Lipinski definition) is 3. The average Bonchev–Trinajstić information content (AvgIpc) is 2.47. The van der Waals surface area contributed by atoms with Crippen LogP contribution in [0.3, 0.4) is 0 Å². The lowest BCUT2D eigenvalue weighted by Gasteiger charge is -2.13. The van der Waals surface area contributed by atoms with E-state index in [2.05, 4.69) is 12.2 Å². The first-order chi connectivity index (χ1) is 10.1. The summed E-state index contributed by atoms with van der Waals surface area (Å²) >= 11 is 6.10. The zero-order valence-electron chi connectivity index (χ0n) is 12.9.